The van der Waals surface area contributed by atoms with E-state index < -0.39 is 6.36 Å². The van der Waals surface area contributed by atoms with Crippen LogP contribution >= 0.6 is 0 Å². The number of aromatic nitrogens is 2. The molecule has 0 atom stereocenters. The van der Waals surface area contributed by atoms with Crippen molar-refractivity contribution in [2.45, 2.75) is 6.36 Å². The predicted octanol–water partition coefficient (Wildman–Crippen LogP) is 5.05. The smallest absolute Gasteiger partial charge is 0.497 e. The lowest BCUT2D eigenvalue weighted by atomic mass is 10.2. The van der Waals surface area contributed by atoms with Crippen molar-refractivity contribution >= 4 is 23.3 Å². The minimum atomic E-state index is -4.64. The fourth-order valence-corrected chi connectivity index (χ4v) is 2.52. The Labute approximate surface area is 174 Å². The quantitative estimate of drug-likeness (QED) is 0.445. The molecule has 31 heavy (non-hydrogen) atoms. The van der Waals surface area contributed by atoms with E-state index in [4.69, 9.17) is 9.15 Å². The van der Waals surface area contributed by atoms with Crippen LogP contribution < -0.4 is 14.8 Å². The maximum Gasteiger partial charge on any atom is 0.573 e. The highest BCUT2D eigenvalue weighted by molar-refractivity contribution is 5.84. The van der Waals surface area contributed by atoms with Crippen LogP contribution in [0, 0.1) is 0 Å². The Morgan fingerprint density at radius 2 is 1.71 bits per heavy atom. The van der Waals surface area contributed by atoms with Gasteiger partial charge in [0.25, 0.3) is 0 Å². The van der Waals surface area contributed by atoms with Gasteiger partial charge in [0.2, 0.25) is 12.3 Å². The summed E-state index contributed by atoms with van der Waals surface area (Å²) < 4.78 is 49.0. The molecule has 7 nitrogen and oxygen atoms in total. The van der Waals surface area contributed by atoms with Gasteiger partial charge in [-0.15, -0.1) is 13.2 Å². The van der Waals surface area contributed by atoms with Crippen LogP contribution in [0.15, 0.2) is 71.3 Å². The molecule has 0 bridgehead atoms. The van der Waals surface area contributed by atoms with Crippen LogP contribution in [0.5, 0.6) is 11.5 Å². The Morgan fingerprint density at radius 3 is 2.35 bits per heavy atom. The molecule has 0 aliphatic rings. The van der Waals surface area contributed by atoms with Crippen molar-refractivity contribution in [3.8, 4) is 23.0 Å². The molecular formula is C21H16F3N3O4. The number of hydrogen-bond donors (Lipinski definition) is 1. The molecule has 0 radical (unpaired) electrons. The summed E-state index contributed by atoms with van der Waals surface area (Å²) in [4.78, 5) is 19.0. The van der Waals surface area contributed by atoms with E-state index in [1.165, 1.54) is 31.4 Å². The van der Waals surface area contributed by atoms with Gasteiger partial charge in [-0.25, -0.2) is 4.98 Å². The first-order chi connectivity index (χ1) is 14.9. The first kappa shape index (κ1) is 21.6. The Bertz CT molecular complexity index is 1110. The Kier molecular flexibility index (Phi) is 6.71. The minimum absolute atomic E-state index is 0.256. The standard InChI is InChI=1S/C13H9N3O2.C8H7F3O2/c17-8-15-10-5-2-1-4-9(10)13-16-12-11(18-13)6-3-7-14-12;1-12-6-2-4-7(5-3-6)13-8(9,10)11/h1-8H,(H,15,17);2-5H,1H3. The van der Waals surface area contributed by atoms with Crippen molar-refractivity contribution in [3.63, 3.8) is 0 Å². The molecule has 4 aromatic rings. The lowest BCUT2D eigenvalue weighted by Crippen LogP contribution is -2.16. The molecule has 0 saturated heterocycles. The number of pyridine rings is 1. The molecule has 0 fully saturated rings. The van der Waals surface area contributed by atoms with Gasteiger partial charge in [-0.05, 0) is 48.5 Å². The van der Waals surface area contributed by atoms with Gasteiger partial charge in [0.15, 0.2) is 11.2 Å². The van der Waals surface area contributed by atoms with Crippen LogP contribution in [0.4, 0.5) is 18.9 Å². The lowest BCUT2D eigenvalue weighted by molar-refractivity contribution is -0.274. The third kappa shape index (κ3) is 5.95. The fourth-order valence-electron chi connectivity index (χ4n) is 2.52. The second-order valence-corrected chi connectivity index (χ2v) is 5.88. The Morgan fingerprint density at radius 1 is 1.00 bits per heavy atom. The van der Waals surface area contributed by atoms with Crippen LogP contribution in [-0.2, 0) is 4.79 Å². The molecule has 0 aliphatic heterocycles. The van der Waals surface area contributed by atoms with Gasteiger partial charge in [-0.3, -0.25) is 4.79 Å². The highest BCUT2D eigenvalue weighted by Crippen LogP contribution is 2.29. The molecule has 2 heterocycles. The number of para-hydroxylation sites is 1. The molecule has 0 spiro atoms. The zero-order chi connectivity index (χ0) is 22.3. The second-order valence-electron chi connectivity index (χ2n) is 5.88. The third-order valence-corrected chi connectivity index (χ3v) is 3.83. The van der Waals surface area contributed by atoms with Crippen LogP contribution in [0.25, 0.3) is 22.7 Å². The predicted molar refractivity (Wildman–Crippen MR) is 107 cm³/mol. The Balaban J connectivity index is 0.000000187. The number of nitrogens with zero attached hydrogens (tertiary/aromatic N) is 2. The number of rotatable bonds is 5. The van der Waals surface area contributed by atoms with Crippen molar-refractivity contribution in [3.05, 3.63) is 66.9 Å². The van der Waals surface area contributed by atoms with E-state index in [1.807, 2.05) is 18.2 Å². The first-order valence-corrected chi connectivity index (χ1v) is 8.80. The molecule has 2 aromatic heterocycles. The number of benzene rings is 2. The zero-order valence-electron chi connectivity index (χ0n) is 16.1. The molecule has 4 rings (SSSR count). The maximum atomic E-state index is 11.7. The van der Waals surface area contributed by atoms with Crippen LogP contribution in [-0.4, -0.2) is 29.9 Å². The van der Waals surface area contributed by atoms with Crippen LogP contribution in [0.3, 0.4) is 0 Å². The molecule has 1 amide bonds. The number of ether oxygens (including phenoxy) is 2. The number of fused-ring (bicyclic) bond motifs is 1. The normalized spacial score (nSPS) is 10.7. The number of amides is 1. The highest BCUT2D eigenvalue weighted by Gasteiger charge is 2.30. The summed E-state index contributed by atoms with van der Waals surface area (Å²) in [6.07, 6.45) is -2.36. The topological polar surface area (TPSA) is 86.5 Å². The van der Waals surface area contributed by atoms with Gasteiger partial charge < -0.3 is 19.2 Å². The first-order valence-electron chi connectivity index (χ1n) is 8.80. The SMILES string of the molecule is COc1ccc(OC(F)(F)F)cc1.O=CNc1ccccc1-c1nc2ncccc2o1. The number of oxazole rings is 1. The zero-order valence-corrected chi connectivity index (χ0v) is 16.1. The van der Waals surface area contributed by atoms with E-state index in [2.05, 4.69) is 20.0 Å². The van der Waals surface area contributed by atoms with Crippen molar-refractivity contribution in [1.29, 1.82) is 0 Å². The molecule has 1 N–H and O–H groups in total. The number of methoxy groups -OCH3 is 1. The average Bonchev–Trinajstić information content (AvgIpc) is 3.18. The van der Waals surface area contributed by atoms with Crippen molar-refractivity contribution in [2.75, 3.05) is 12.4 Å². The number of carbonyl (C=O) groups excluding carboxylic acids is 1. The molecule has 160 valence electrons. The fraction of sp³-hybridized carbons (Fsp3) is 0.0952. The second kappa shape index (κ2) is 9.61. The summed E-state index contributed by atoms with van der Waals surface area (Å²) in [5.41, 5.74) is 2.54. The molecule has 0 saturated carbocycles. The summed E-state index contributed by atoms with van der Waals surface area (Å²) in [7, 11) is 1.43. The van der Waals surface area contributed by atoms with Crippen molar-refractivity contribution in [1.82, 2.24) is 9.97 Å². The summed E-state index contributed by atoms with van der Waals surface area (Å²) in [6, 6.07) is 16.0. The number of hydrogen-bond acceptors (Lipinski definition) is 6. The highest BCUT2D eigenvalue weighted by atomic mass is 19.4. The third-order valence-electron chi connectivity index (χ3n) is 3.83. The van der Waals surface area contributed by atoms with E-state index in [0.29, 0.717) is 35.0 Å². The van der Waals surface area contributed by atoms with Gasteiger partial charge in [0.05, 0.1) is 18.4 Å². The number of nitrogens with one attached hydrogen (secondary N) is 1. The van der Waals surface area contributed by atoms with Crippen molar-refractivity contribution < 1.29 is 31.9 Å². The van der Waals surface area contributed by atoms with Crippen molar-refractivity contribution in [2.24, 2.45) is 0 Å². The molecule has 0 aliphatic carbocycles. The number of halogens is 3. The van der Waals surface area contributed by atoms with Gasteiger partial charge >= 0.3 is 6.36 Å². The summed E-state index contributed by atoms with van der Waals surface area (Å²) in [5.74, 6) is 0.663. The average molecular weight is 431 g/mol. The van der Waals surface area contributed by atoms with E-state index in [9.17, 15) is 18.0 Å². The molecule has 10 heteroatoms. The van der Waals surface area contributed by atoms with E-state index in [0.717, 1.165) is 5.56 Å². The van der Waals surface area contributed by atoms with Gasteiger partial charge in [0.1, 0.15) is 11.5 Å². The van der Waals surface area contributed by atoms with Gasteiger partial charge in [-0.2, -0.15) is 4.98 Å². The van der Waals surface area contributed by atoms with Crippen LogP contribution in [0.2, 0.25) is 0 Å². The monoisotopic (exact) mass is 431 g/mol. The number of anilines is 1. The van der Waals surface area contributed by atoms with E-state index in [1.54, 1.807) is 24.4 Å². The maximum absolute atomic E-state index is 11.7. The molecular weight excluding hydrogens is 415 g/mol. The Hall–Kier alpha value is -4.08. The van der Waals surface area contributed by atoms with Crippen LogP contribution in [0.1, 0.15) is 0 Å². The lowest BCUT2D eigenvalue weighted by Gasteiger charge is -2.08. The minimum Gasteiger partial charge on any atom is -0.497 e. The van der Waals surface area contributed by atoms with Gasteiger partial charge in [0, 0.05) is 6.20 Å². The summed E-state index contributed by atoms with van der Waals surface area (Å²) in [6.45, 7) is 0. The largest absolute Gasteiger partial charge is 0.573 e. The molecule has 2 aromatic carbocycles. The molecule has 0 unspecified atom stereocenters. The van der Waals surface area contributed by atoms with E-state index in [-0.39, 0.29) is 5.75 Å². The van der Waals surface area contributed by atoms with Gasteiger partial charge in [-0.1, -0.05) is 12.1 Å². The summed E-state index contributed by atoms with van der Waals surface area (Å²) >= 11 is 0. The summed E-state index contributed by atoms with van der Waals surface area (Å²) in [5, 5.41) is 2.62. The van der Waals surface area contributed by atoms with E-state index >= 15 is 0 Å². The number of carbonyl (C=O) groups is 1. The number of alkyl halides is 3.